The van der Waals surface area contributed by atoms with Gasteiger partial charge in [-0.3, -0.25) is 0 Å². The Hall–Kier alpha value is -2.41. The topological polar surface area (TPSA) is 61.6 Å². The van der Waals surface area contributed by atoms with E-state index in [9.17, 15) is 0 Å². The average Bonchev–Trinajstić information content (AvgIpc) is 2.37. The second-order valence-corrected chi connectivity index (χ2v) is 4.11. The summed E-state index contributed by atoms with van der Waals surface area (Å²) in [4.78, 5) is 8.35. The molecule has 0 spiro atoms. The van der Waals surface area contributed by atoms with E-state index in [0.29, 0.717) is 12.1 Å². The Morgan fingerprint density at radius 1 is 1.28 bits per heavy atom. The molecule has 0 aliphatic rings. The van der Waals surface area contributed by atoms with Gasteiger partial charge in [0, 0.05) is 6.20 Å². The second-order valence-electron chi connectivity index (χ2n) is 4.11. The van der Waals surface area contributed by atoms with Crippen LogP contribution >= 0.6 is 0 Å². The summed E-state index contributed by atoms with van der Waals surface area (Å²) in [5.41, 5.74) is 3.47. The summed E-state index contributed by atoms with van der Waals surface area (Å²) in [7, 11) is 0. The third kappa shape index (κ3) is 2.83. The number of nitrogens with one attached hydrogen (secondary N) is 1. The molecule has 4 heteroatoms. The molecule has 0 atom stereocenters. The Morgan fingerprint density at radius 3 is 2.83 bits per heavy atom. The Kier molecular flexibility index (Phi) is 3.54. The smallest absolute Gasteiger partial charge is 0.125 e. The molecule has 0 amide bonds. The quantitative estimate of drug-likeness (QED) is 0.892. The van der Waals surface area contributed by atoms with E-state index < -0.39 is 0 Å². The van der Waals surface area contributed by atoms with Gasteiger partial charge in [-0.05, 0) is 37.6 Å². The summed E-state index contributed by atoms with van der Waals surface area (Å²) in [5, 5.41) is 12.3. The van der Waals surface area contributed by atoms with Gasteiger partial charge in [-0.25, -0.2) is 9.97 Å². The lowest BCUT2D eigenvalue weighted by molar-refractivity contribution is 0.955. The van der Waals surface area contributed by atoms with Crippen LogP contribution in [0, 0.1) is 25.2 Å². The normalized spacial score (nSPS) is 9.83. The largest absolute Gasteiger partial charge is 0.378 e. The molecule has 0 saturated heterocycles. The highest BCUT2D eigenvalue weighted by Gasteiger charge is 2.02. The zero-order valence-corrected chi connectivity index (χ0v) is 10.4. The van der Waals surface area contributed by atoms with Gasteiger partial charge in [-0.15, -0.1) is 0 Å². The first-order valence-corrected chi connectivity index (χ1v) is 5.72. The van der Waals surface area contributed by atoms with Crippen molar-refractivity contribution < 1.29 is 0 Å². The number of aromatic nitrogens is 2. The first kappa shape index (κ1) is 12.1. The van der Waals surface area contributed by atoms with E-state index in [0.717, 1.165) is 22.8 Å². The molecule has 1 N–H and O–H groups in total. The van der Waals surface area contributed by atoms with Crippen molar-refractivity contribution >= 4 is 5.69 Å². The van der Waals surface area contributed by atoms with Gasteiger partial charge in [-0.2, -0.15) is 5.26 Å². The fraction of sp³-hybridized carbons (Fsp3) is 0.214. The second kappa shape index (κ2) is 5.28. The Morgan fingerprint density at radius 2 is 2.11 bits per heavy atom. The fourth-order valence-electron chi connectivity index (χ4n) is 1.69. The predicted octanol–water partition coefficient (Wildman–Crippen LogP) is 2.58. The third-order valence-electron chi connectivity index (χ3n) is 2.59. The average molecular weight is 238 g/mol. The Labute approximate surface area is 106 Å². The summed E-state index contributed by atoms with van der Waals surface area (Å²) < 4.78 is 0. The van der Waals surface area contributed by atoms with Crippen molar-refractivity contribution in [1.29, 1.82) is 5.26 Å². The van der Waals surface area contributed by atoms with Crippen LogP contribution in [0.2, 0.25) is 0 Å². The SMILES string of the molecule is Cc1ccc(NCc2ccnc(C)n2)c(C#N)c1. The van der Waals surface area contributed by atoms with Crippen molar-refractivity contribution in [3.63, 3.8) is 0 Å². The van der Waals surface area contributed by atoms with Gasteiger partial charge in [0.15, 0.2) is 0 Å². The number of anilines is 1. The first-order valence-electron chi connectivity index (χ1n) is 5.72. The highest BCUT2D eigenvalue weighted by molar-refractivity contribution is 5.58. The van der Waals surface area contributed by atoms with Crippen molar-refractivity contribution in [1.82, 2.24) is 9.97 Å². The van der Waals surface area contributed by atoms with Crippen molar-refractivity contribution in [3.05, 3.63) is 53.1 Å². The molecule has 1 aromatic carbocycles. The number of rotatable bonds is 3. The van der Waals surface area contributed by atoms with Gasteiger partial charge < -0.3 is 5.32 Å². The van der Waals surface area contributed by atoms with Crippen LogP contribution in [0.3, 0.4) is 0 Å². The number of aryl methyl sites for hydroxylation is 2. The highest BCUT2D eigenvalue weighted by Crippen LogP contribution is 2.16. The first-order chi connectivity index (χ1) is 8.69. The molecule has 0 bridgehead atoms. The molecule has 0 fully saturated rings. The number of nitriles is 1. The van der Waals surface area contributed by atoms with Crippen molar-refractivity contribution in [2.45, 2.75) is 20.4 Å². The van der Waals surface area contributed by atoms with Gasteiger partial charge in [0.2, 0.25) is 0 Å². The Balaban J connectivity index is 2.14. The third-order valence-corrected chi connectivity index (χ3v) is 2.59. The van der Waals surface area contributed by atoms with Crippen molar-refractivity contribution in [3.8, 4) is 6.07 Å². The lowest BCUT2D eigenvalue weighted by atomic mass is 10.1. The number of nitrogens with zero attached hydrogens (tertiary/aromatic N) is 3. The molecule has 1 aromatic heterocycles. The Bertz CT molecular complexity index is 599. The molecule has 0 saturated carbocycles. The maximum absolute atomic E-state index is 9.07. The molecule has 4 nitrogen and oxygen atoms in total. The minimum atomic E-state index is 0.584. The van der Waals surface area contributed by atoms with Crippen LogP contribution in [0.1, 0.15) is 22.6 Å². The van der Waals surface area contributed by atoms with Gasteiger partial charge in [-0.1, -0.05) is 6.07 Å². The molecule has 18 heavy (non-hydrogen) atoms. The standard InChI is InChI=1S/C14H14N4/c1-10-3-4-14(12(7-10)8-15)17-9-13-5-6-16-11(2)18-13/h3-7,17H,9H2,1-2H3. The number of benzene rings is 1. The summed E-state index contributed by atoms with van der Waals surface area (Å²) >= 11 is 0. The zero-order chi connectivity index (χ0) is 13.0. The van der Waals surface area contributed by atoms with Crippen LogP contribution in [0.5, 0.6) is 0 Å². The van der Waals surface area contributed by atoms with Gasteiger partial charge >= 0.3 is 0 Å². The summed E-state index contributed by atoms with van der Waals surface area (Å²) in [6, 6.07) is 9.82. The summed E-state index contributed by atoms with van der Waals surface area (Å²) in [6.45, 7) is 4.41. The van der Waals surface area contributed by atoms with E-state index >= 15 is 0 Å². The van der Waals surface area contributed by atoms with Crippen LogP contribution in [-0.2, 0) is 6.54 Å². The van der Waals surface area contributed by atoms with Crippen LogP contribution in [0.25, 0.3) is 0 Å². The number of hydrogen-bond donors (Lipinski definition) is 1. The van der Waals surface area contributed by atoms with E-state index in [2.05, 4.69) is 21.4 Å². The fourth-order valence-corrected chi connectivity index (χ4v) is 1.69. The van der Waals surface area contributed by atoms with Gasteiger partial charge in [0.25, 0.3) is 0 Å². The van der Waals surface area contributed by atoms with Crippen molar-refractivity contribution in [2.75, 3.05) is 5.32 Å². The molecule has 0 unspecified atom stereocenters. The van der Waals surface area contributed by atoms with E-state index in [1.54, 1.807) is 6.20 Å². The molecule has 2 aromatic rings. The summed E-state index contributed by atoms with van der Waals surface area (Å²) in [5.74, 6) is 0.749. The number of hydrogen-bond acceptors (Lipinski definition) is 4. The molecule has 0 radical (unpaired) electrons. The molecular weight excluding hydrogens is 224 g/mol. The van der Waals surface area contributed by atoms with E-state index in [-0.39, 0.29) is 0 Å². The monoisotopic (exact) mass is 238 g/mol. The molecule has 1 heterocycles. The maximum Gasteiger partial charge on any atom is 0.125 e. The van der Waals surface area contributed by atoms with Gasteiger partial charge in [0.1, 0.15) is 11.9 Å². The van der Waals surface area contributed by atoms with Crippen LogP contribution in [-0.4, -0.2) is 9.97 Å². The molecular formula is C14H14N4. The molecule has 90 valence electrons. The van der Waals surface area contributed by atoms with Gasteiger partial charge in [0.05, 0.1) is 23.5 Å². The summed E-state index contributed by atoms with van der Waals surface area (Å²) in [6.07, 6.45) is 1.74. The van der Waals surface area contributed by atoms with E-state index in [1.807, 2.05) is 38.1 Å². The van der Waals surface area contributed by atoms with E-state index in [4.69, 9.17) is 5.26 Å². The minimum absolute atomic E-state index is 0.584. The molecule has 0 aliphatic heterocycles. The highest BCUT2D eigenvalue weighted by atomic mass is 14.9. The van der Waals surface area contributed by atoms with E-state index in [1.165, 1.54) is 0 Å². The molecule has 2 rings (SSSR count). The maximum atomic E-state index is 9.07. The van der Waals surface area contributed by atoms with Crippen LogP contribution in [0.15, 0.2) is 30.5 Å². The van der Waals surface area contributed by atoms with Crippen molar-refractivity contribution in [2.24, 2.45) is 0 Å². The lowest BCUT2D eigenvalue weighted by Gasteiger charge is -2.08. The van der Waals surface area contributed by atoms with Crippen LogP contribution in [0.4, 0.5) is 5.69 Å². The molecule has 0 aliphatic carbocycles. The predicted molar refractivity (Wildman–Crippen MR) is 70.0 cm³/mol. The minimum Gasteiger partial charge on any atom is -0.378 e. The lowest BCUT2D eigenvalue weighted by Crippen LogP contribution is -2.04. The van der Waals surface area contributed by atoms with Crippen LogP contribution < -0.4 is 5.32 Å². The zero-order valence-electron chi connectivity index (χ0n) is 10.4.